The summed E-state index contributed by atoms with van der Waals surface area (Å²) in [6.45, 7) is 4.84. The van der Waals surface area contributed by atoms with Gasteiger partial charge in [0.25, 0.3) is 5.91 Å². The van der Waals surface area contributed by atoms with Crippen LogP contribution in [0.25, 0.3) is 5.65 Å². The van der Waals surface area contributed by atoms with Crippen molar-refractivity contribution in [2.45, 2.75) is 32.1 Å². The highest BCUT2D eigenvalue weighted by atomic mass is 16.2. The first-order chi connectivity index (χ1) is 13.5. The van der Waals surface area contributed by atoms with E-state index >= 15 is 0 Å². The lowest BCUT2D eigenvalue weighted by atomic mass is 9.75. The number of aromatic nitrogens is 3. The van der Waals surface area contributed by atoms with Crippen LogP contribution in [0.3, 0.4) is 0 Å². The fourth-order valence-corrected chi connectivity index (χ4v) is 4.60. The Balaban J connectivity index is 1.53. The van der Waals surface area contributed by atoms with Crippen LogP contribution in [-0.4, -0.2) is 44.4 Å². The molecular weight excluding hydrogens is 354 g/mol. The molecule has 2 aromatic heterocycles. The molecule has 1 atom stereocenters. The number of para-hydroxylation sites is 1. The minimum Gasteiger partial charge on any atom is -0.337 e. The van der Waals surface area contributed by atoms with Crippen LogP contribution in [0.5, 0.6) is 0 Å². The van der Waals surface area contributed by atoms with Gasteiger partial charge >= 0.3 is 0 Å². The lowest BCUT2D eigenvalue weighted by Gasteiger charge is -2.39. The number of aryl methyl sites for hydroxylation is 2. The number of carbonyl (C=O) groups is 2. The lowest BCUT2D eigenvalue weighted by Crippen LogP contribution is -2.51. The SMILES string of the molecule is Cc1cc(C)n2ncc(C(=O)N3CCC[C@@]4(C3)C(=O)Nc3ccccc34)c2n1. The molecule has 1 fully saturated rings. The van der Waals surface area contributed by atoms with Gasteiger partial charge in [-0.05, 0) is 44.4 Å². The first kappa shape index (κ1) is 16.9. The maximum Gasteiger partial charge on any atom is 0.259 e. The van der Waals surface area contributed by atoms with E-state index in [2.05, 4.69) is 15.4 Å². The van der Waals surface area contributed by atoms with Crippen molar-refractivity contribution >= 4 is 23.1 Å². The summed E-state index contributed by atoms with van der Waals surface area (Å²) < 4.78 is 1.69. The molecule has 0 unspecified atom stereocenters. The summed E-state index contributed by atoms with van der Waals surface area (Å²) >= 11 is 0. The van der Waals surface area contributed by atoms with E-state index in [0.717, 1.165) is 35.5 Å². The van der Waals surface area contributed by atoms with Gasteiger partial charge in [-0.25, -0.2) is 9.50 Å². The molecule has 1 N–H and O–H groups in total. The molecule has 0 radical (unpaired) electrons. The number of rotatable bonds is 1. The van der Waals surface area contributed by atoms with Gasteiger partial charge in [0, 0.05) is 30.2 Å². The zero-order chi connectivity index (χ0) is 19.5. The van der Waals surface area contributed by atoms with Crippen molar-refractivity contribution in [2.24, 2.45) is 0 Å². The number of hydrogen-bond donors (Lipinski definition) is 1. The predicted octanol–water partition coefficient (Wildman–Crippen LogP) is 2.47. The Morgan fingerprint density at radius 1 is 1.25 bits per heavy atom. The summed E-state index contributed by atoms with van der Waals surface area (Å²) in [5.41, 5.74) is 3.99. The molecule has 2 aliphatic rings. The number of carbonyl (C=O) groups excluding carboxylic acids is 2. The molecular formula is C21H21N5O2. The van der Waals surface area contributed by atoms with Crippen LogP contribution in [-0.2, 0) is 10.2 Å². The van der Waals surface area contributed by atoms with E-state index in [0.29, 0.717) is 24.3 Å². The van der Waals surface area contributed by atoms with Crippen LogP contribution in [0.15, 0.2) is 36.5 Å². The molecule has 0 bridgehead atoms. The number of hydrogen-bond acceptors (Lipinski definition) is 4. The molecule has 0 saturated carbocycles. The van der Waals surface area contributed by atoms with Gasteiger partial charge in [-0.2, -0.15) is 5.10 Å². The van der Waals surface area contributed by atoms with Crippen LogP contribution < -0.4 is 5.32 Å². The Kier molecular flexibility index (Phi) is 3.56. The van der Waals surface area contributed by atoms with E-state index in [-0.39, 0.29) is 11.8 Å². The summed E-state index contributed by atoms with van der Waals surface area (Å²) in [6, 6.07) is 9.71. The second-order valence-electron chi connectivity index (χ2n) is 7.74. The second-order valence-corrected chi connectivity index (χ2v) is 7.74. The van der Waals surface area contributed by atoms with Gasteiger partial charge < -0.3 is 10.2 Å². The van der Waals surface area contributed by atoms with Crippen molar-refractivity contribution in [3.05, 3.63) is 59.0 Å². The summed E-state index contributed by atoms with van der Waals surface area (Å²) in [5.74, 6) is -0.139. The van der Waals surface area contributed by atoms with Crippen LogP contribution in [0.1, 0.15) is 40.2 Å². The van der Waals surface area contributed by atoms with Gasteiger partial charge in [-0.15, -0.1) is 0 Å². The zero-order valence-corrected chi connectivity index (χ0v) is 15.9. The summed E-state index contributed by atoms with van der Waals surface area (Å²) in [7, 11) is 0. The fraction of sp³-hybridized carbons (Fsp3) is 0.333. The maximum absolute atomic E-state index is 13.4. The number of nitrogens with zero attached hydrogens (tertiary/aromatic N) is 4. The number of piperidine rings is 1. The quantitative estimate of drug-likeness (QED) is 0.709. The summed E-state index contributed by atoms with van der Waals surface area (Å²) in [5, 5.41) is 7.33. The minimum atomic E-state index is -0.674. The molecule has 1 spiro atoms. The lowest BCUT2D eigenvalue weighted by molar-refractivity contribution is -0.122. The first-order valence-corrected chi connectivity index (χ1v) is 9.52. The maximum atomic E-state index is 13.4. The Morgan fingerprint density at radius 3 is 2.93 bits per heavy atom. The van der Waals surface area contributed by atoms with Crippen molar-refractivity contribution in [3.8, 4) is 0 Å². The molecule has 28 heavy (non-hydrogen) atoms. The average molecular weight is 375 g/mol. The van der Waals surface area contributed by atoms with Crippen LogP contribution in [0, 0.1) is 13.8 Å². The van der Waals surface area contributed by atoms with Crippen molar-refractivity contribution in [3.63, 3.8) is 0 Å². The molecule has 3 aromatic rings. The first-order valence-electron chi connectivity index (χ1n) is 9.52. The Morgan fingerprint density at radius 2 is 2.07 bits per heavy atom. The number of likely N-dealkylation sites (tertiary alicyclic amines) is 1. The Hall–Kier alpha value is -3.22. The molecule has 7 heteroatoms. The molecule has 4 heterocycles. The molecule has 2 aliphatic heterocycles. The van der Waals surface area contributed by atoms with E-state index < -0.39 is 5.41 Å². The third-order valence-electron chi connectivity index (χ3n) is 5.91. The highest BCUT2D eigenvalue weighted by molar-refractivity contribution is 6.07. The third kappa shape index (κ3) is 2.28. The van der Waals surface area contributed by atoms with Gasteiger partial charge in [0.2, 0.25) is 5.91 Å². The average Bonchev–Trinajstić information content (AvgIpc) is 3.22. The summed E-state index contributed by atoms with van der Waals surface area (Å²) in [4.78, 5) is 32.5. The highest BCUT2D eigenvalue weighted by Gasteiger charge is 2.50. The van der Waals surface area contributed by atoms with Gasteiger partial charge in [-0.3, -0.25) is 9.59 Å². The van der Waals surface area contributed by atoms with E-state index in [1.54, 1.807) is 15.6 Å². The molecule has 5 rings (SSSR count). The van der Waals surface area contributed by atoms with E-state index in [1.165, 1.54) is 0 Å². The highest BCUT2D eigenvalue weighted by Crippen LogP contribution is 2.43. The van der Waals surface area contributed by atoms with Crippen molar-refractivity contribution in [1.29, 1.82) is 0 Å². The van der Waals surface area contributed by atoms with Crippen LogP contribution >= 0.6 is 0 Å². The molecule has 1 aromatic carbocycles. The van der Waals surface area contributed by atoms with Crippen molar-refractivity contribution in [2.75, 3.05) is 18.4 Å². The van der Waals surface area contributed by atoms with Crippen molar-refractivity contribution in [1.82, 2.24) is 19.5 Å². The molecule has 7 nitrogen and oxygen atoms in total. The van der Waals surface area contributed by atoms with Gasteiger partial charge in [0.1, 0.15) is 5.56 Å². The van der Waals surface area contributed by atoms with Crippen LogP contribution in [0.4, 0.5) is 5.69 Å². The van der Waals surface area contributed by atoms with Gasteiger partial charge in [0.05, 0.1) is 11.6 Å². The third-order valence-corrected chi connectivity index (χ3v) is 5.91. The minimum absolute atomic E-state index is 0.0177. The fourth-order valence-electron chi connectivity index (χ4n) is 4.60. The normalized spacial score (nSPS) is 21.2. The van der Waals surface area contributed by atoms with E-state index in [1.807, 2.05) is 44.2 Å². The number of amides is 2. The van der Waals surface area contributed by atoms with Gasteiger partial charge in [0.15, 0.2) is 5.65 Å². The zero-order valence-electron chi connectivity index (χ0n) is 15.9. The topological polar surface area (TPSA) is 79.6 Å². The number of anilines is 1. The molecule has 0 aliphatic carbocycles. The smallest absolute Gasteiger partial charge is 0.259 e. The van der Waals surface area contributed by atoms with E-state index in [4.69, 9.17) is 0 Å². The standard InChI is InChI=1S/C21H21N5O2/c1-13-10-14(2)26-18(23-13)15(11-22-26)19(27)25-9-5-8-21(12-25)16-6-3-4-7-17(16)24-20(21)28/h3-4,6-7,10-11H,5,8-9,12H2,1-2H3,(H,24,28)/t21-/m0/s1. The number of benzene rings is 1. The van der Waals surface area contributed by atoms with Gasteiger partial charge in [-0.1, -0.05) is 18.2 Å². The van der Waals surface area contributed by atoms with Crippen LogP contribution in [0.2, 0.25) is 0 Å². The molecule has 142 valence electrons. The largest absolute Gasteiger partial charge is 0.337 e. The van der Waals surface area contributed by atoms with E-state index in [9.17, 15) is 9.59 Å². The summed E-state index contributed by atoms with van der Waals surface area (Å²) in [6.07, 6.45) is 3.10. The predicted molar refractivity (Wildman–Crippen MR) is 104 cm³/mol. The molecule has 1 saturated heterocycles. The Labute approximate surface area is 162 Å². The Bertz CT molecular complexity index is 1140. The second kappa shape index (κ2) is 5.89. The molecule has 2 amide bonds. The number of fused-ring (bicyclic) bond motifs is 3. The van der Waals surface area contributed by atoms with Crippen molar-refractivity contribution < 1.29 is 9.59 Å². The monoisotopic (exact) mass is 375 g/mol. The number of nitrogens with one attached hydrogen (secondary N) is 1.